The largest absolute Gasteiger partial charge is 0.357 e. The second-order valence-corrected chi connectivity index (χ2v) is 10.1. The van der Waals surface area contributed by atoms with Gasteiger partial charge in [0.05, 0.1) is 17.5 Å². The number of hydrogen-bond acceptors (Lipinski definition) is 3. The van der Waals surface area contributed by atoms with Crippen molar-refractivity contribution in [2.45, 2.75) is 19.9 Å². The highest BCUT2D eigenvalue weighted by atomic mass is 79.9. The van der Waals surface area contributed by atoms with Crippen LogP contribution >= 0.6 is 15.9 Å². The quantitative estimate of drug-likeness (QED) is 0.626. The highest BCUT2D eigenvalue weighted by molar-refractivity contribution is 9.10. The summed E-state index contributed by atoms with van der Waals surface area (Å²) in [6.45, 7) is 2.66. The molecule has 1 aliphatic heterocycles. The molecule has 29 heavy (non-hydrogen) atoms. The molecule has 0 fully saturated rings. The van der Waals surface area contributed by atoms with E-state index in [0.717, 1.165) is 38.5 Å². The first-order valence-corrected chi connectivity index (χ1v) is 12.0. The number of rotatable bonds is 4. The lowest BCUT2D eigenvalue weighted by Gasteiger charge is -2.30. The molecular weight excluding hydrogens is 454 g/mol. The maximum Gasteiger partial charge on any atom is 0.243 e. The summed E-state index contributed by atoms with van der Waals surface area (Å²) < 4.78 is 27.0. The van der Waals surface area contributed by atoms with Crippen LogP contribution in [-0.2, 0) is 27.8 Å². The fourth-order valence-electron chi connectivity index (χ4n) is 3.86. The molecule has 8 heteroatoms. The molecule has 1 N–H and O–H groups in total. The summed E-state index contributed by atoms with van der Waals surface area (Å²) in [5.74, 6) is -0.200. The topological polar surface area (TPSA) is 73.5 Å². The first-order chi connectivity index (χ1) is 13.8. The average Bonchev–Trinajstić information content (AvgIpc) is 3.05. The molecule has 0 aliphatic carbocycles. The summed E-state index contributed by atoms with van der Waals surface area (Å²) in [6, 6.07) is 13.2. The summed E-state index contributed by atoms with van der Waals surface area (Å²) in [5, 5.41) is 1.09. The molecular formula is C21H22BrN3O3S. The van der Waals surface area contributed by atoms with Crippen molar-refractivity contribution >= 4 is 48.5 Å². The van der Waals surface area contributed by atoms with Crippen molar-refractivity contribution in [2.75, 3.05) is 23.7 Å². The summed E-state index contributed by atoms with van der Waals surface area (Å²) in [7, 11) is -3.59. The summed E-state index contributed by atoms with van der Waals surface area (Å²) in [4.78, 5) is 18.3. The smallest absolute Gasteiger partial charge is 0.243 e. The Bertz CT molecular complexity index is 1200. The summed E-state index contributed by atoms with van der Waals surface area (Å²) >= 11 is 3.57. The first kappa shape index (κ1) is 20.0. The van der Waals surface area contributed by atoms with Gasteiger partial charge in [0.25, 0.3) is 0 Å². The second kappa shape index (κ2) is 7.50. The van der Waals surface area contributed by atoms with E-state index < -0.39 is 10.0 Å². The molecule has 1 aromatic heterocycles. The van der Waals surface area contributed by atoms with Crippen molar-refractivity contribution < 1.29 is 13.2 Å². The van der Waals surface area contributed by atoms with Crippen LogP contribution in [0.1, 0.15) is 16.8 Å². The van der Waals surface area contributed by atoms with Crippen LogP contribution in [0, 0.1) is 6.92 Å². The van der Waals surface area contributed by atoms with Gasteiger partial charge in [-0.2, -0.15) is 0 Å². The minimum absolute atomic E-state index is 0.200. The van der Waals surface area contributed by atoms with Crippen LogP contribution in [0.4, 0.5) is 5.69 Å². The molecule has 3 aromatic rings. The Kier molecular flexibility index (Phi) is 5.16. The fourth-order valence-corrected chi connectivity index (χ4v) is 5.23. The van der Waals surface area contributed by atoms with Crippen molar-refractivity contribution in [2.24, 2.45) is 0 Å². The van der Waals surface area contributed by atoms with E-state index in [-0.39, 0.29) is 12.5 Å². The third kappa shape index (κ3) is 3.79. The molecule has 152 valence electrons. The van der Waals surface area contributed by atoms with E-state index in [1.807, 2.05) is 37.3 Å². The number of fused-ring (bicyclic) bond motifs is 3. The number of nitrogens with one attached hydrogen (secondary N) is 1. The van der Waals surface area contributed by atoms with Gasteiger partial charge < -0.3 is 9.88 Å². The van der Waals surface area contributed by atoms with Gasteiger partial charge in [0, 0.05) is 40.6 Å². The number of benzene rings is 2. The number of aromatic nitrogens is 1. The van der Waals surface area contributed by atoms with E-state index >= 15 is 0 Å². The number of carbonyl (C=O) groups excluding carboxylic acids is 1. The number of para-hydroxylation sites is 2. The van der Waals surface area contributed by atoms with E-state index in [9.17, 15) is 13.2 Å². The minimum atomic E-state index is -3.59. The zero-order chi connectivity index (χ0) is 20.8. The van der Waals surface area contributed by atoms with Gasteiger partial charge in [-0.25, -0.2) is 8.42 Å². The second-order valence-electron chi connectivity index (χ2n) is 7.37. The molecule has 6 nitrogen and oxygen atoms in total. The number of anilines is 1. The SMILES string of the molecule is Cc1ccccc1N(CC(=O)N1CCc2[nH]c3c(Br)cccc3c2C1)S(C)(=O)=O. The Morgan fingerprint density at radius 1 is 1.21 bits per heavy atom. The molecule has 0 spiro atoms. The van der Waals surface area contributed by atoms with E-state index in [2.05, 4.69) is 20.9 Å². The summed E-state index contributed by atoms with van der Waals surface area (Å²) in [6.07, 6.45) is 1.85. The van der Waals surface area contributed by atoms with Gasteiger partial charge in [0.1, 0.15) is 6.54 Å². The molecule has 2 aromatic carbocycles. The number of halogens is 1. The van der Waals surface area contributed by atoms with Crippen LogP contribution in [0.2, 0.25) is 0 Å². The lowest BCUT2D eigenvalue weighted by molar-refractivity contribution is -0.130. The van der Waals surface area contributed by atoms with Crippen molar-refractivity contribution in [3.8, 4) is 0 Å². The Morgan fingerprint density at radius 3 is 2.69 bits per heavy atom. The van der Waals surface area contributed by atoms with Gasteiger partial charge in [-0.05, 0) is 40.5 Å². The number of H-pyrrole nitrogens is 1. The molecule has 0 saturated carbocycles. The van der Waals surface area contributed by atoms with E-state index in [0.29, 0.717) is 25.2 Å². The first-order valence-electron chi connectivity index (χ1n) is 9.35. The van der Waals surface area contributed by atoms with Gasteiger partial charge in [-0.3, -0.25) is 9.10 Å². The Hall–Kier alpha value is -2.32. The van der Waals surface area contributed by atoms with Gasteiger partial charge in [-0.15, -0.1) is 0 Å². The molecule has 0 radical (unpaired) electrons. The number of sulfonamides is 1. The molecule has 0 saturated heterocycles. The molecule has 2 heterocycles. The third-order valence-electron chi connectivity index (χ3n) is 5.38. The standard InChI is InChI=1S/C21H22BrN3O3S/c1-14-6-3-4-9-19(14)25(29(2,27)28)13-20(26)24-11-10-18-16(12-24)15-7-5-8-17(22)21(15)23-18/h3-9,23H,10-13H2,1-2H3. The van der Waals surface area contributed by atoms with E-state index in [1.165, 1.54) is 4.31 Å². The number of aromatic amines is 1. The molecule has 4 rings (SSSR count). The number of carbonyl (C=O) groups is 1. The monoisotopic (exact) mass is 475 g/mol. The molecule has 0 unspecified atom stereocenters. The zero-order valence-corrected chi connectivity index (χ0v) is 18.7. The number of amides is 1. The van der Waals surface area contributed by atoms with Gasteiger partial charge >= 0.3 is 0 Å². The predicted molar refractivity (Wildman–Crippen MR) is 118 cm³/mol. The highest BCUT2D eigenvalue weighted by Crippen LogP contribution is 2.32. The van der Waals surface area contributed by atoms with Gasteiger partial charge in [0.2, 0.25) is 15.9 Å². The summed E-state index contributed by atoms with van der Waals surface area (Å²) in [5.41, 5.74) is 4.62. The number of aryl methyl sites for hydroxylation is 1. The number of hydrogen-bond donors (Lipinski definition) is 1. The Balaban J connectivity index is 1.61. The van der Waals surface area contributed by atoms with Crippen LogP contribution in [0.3, 0.4) is 0 Å². The maximum atomic E-state index is 13.1. The van der Waals surface area contributed by atoms with Gasteiger partial charge in [-0.1, -0.05) is 30.3 Å². The van der Waals surface area contributed by atoms with Crippen LogP contribution in [0.5, 0.6) is 0 Å². The molecule has 1 amide bonds. The van der Waals surface area contributed by atoms with E-state index in [1.54, 1.807) is 17.0 Å². The normalized spacial score (nSPS) is 14.1. The van der Waals surface area contributed by atoms with Gasteiger partial charge in [0.15, 0.2) is 0 Å². The van der Waals surface area contributed by atoms with Crippen molar-refractivity contribution in [1.82, 2.24) is 9.88 Å². The average molecular weight is 476 g/mol. The lowest BCUT2D eigenvalue weighted by atomic mass is 10.0. The van der Waals surface area contributed by atoms with Crippen LogP contribution in [0.15, 0.2) is 46.9 Å². The molecule has 1 aliphatic rings. The lowest BCUT2D eigenvalue weighted by Crippen LogP contribution is -2.44. The fraction of sp³-hybridized carbons (Fsp3) is 0.286. The third-order valence-corrected chi connectivity index (χ3v) is 7.16. The Labute approximate surface area is 178 Å². The highest BCUT2D eigenvalue weighted by Gasteiger charge is 2.28. The van der Waals surface area contributed by atoms with Crippen LogP contribution < -0.4 is 4.31 Å². The van der Waals surface area contributed by atoms with Crippen molar-refractivity contribution in [3.05, 3.63) is 63.8 Å². The van der Waals surface area contributed by atoms with Crippen molar-refractivity contribution in [3.63, 3.8) is 0 Å². The molecule has 0 bridgehead atoms. The predicted octanol–water partition coefficient (Wildman–Crippen LogP) is 3.59. The number of nitrogens with zero attached hydrogens (tertiary/aromatic N) is 2. The minimum Gasteiger partial charge on any atom is -0.357 e. The van der Waals surface area contributed by atoms with Crippen molar-refractivity contribution in [1.29, 1.82) is 0 Å². The van der Waals surface area contributed by atoms with E-state index in [4.69, 9.17) is 0 Å². The van der Waals surface area contributed by atoms with Crippen LogP contribution in [0.25, 0.3) is 10.9 Å². The Morgan fingerprint density at radius 2 is 1.97 bits per heavy atom. The van der Waals surface area contributed by atoms with Crippen LogP contribution in [-0.4, -0.2) is 43.6 Å². The maximum absolute atomic E-state index is 13.1. The molecule has 0 atom stereocenters. The zero-order valence-electron chi connectivity index (χ0n) is 16.3.